The van der Waals surface area contributed by atoms with E-state index < -0.39 is 17.4 Å². The highest BCUT2D eigenvalue weighted by Crippen LogP contribution is 2.32. The normalized spacial score (nSPS) is 19.3. The van der Waals surface area contributed by atoms with Crippen LogP contribution in [0.4, 0.5) is 0 Å². The Bertz CT molecular complexity index is 261. The Morgan fingerprint density at radius 1 is 1.53 bits per heavy atom. The fourth-order valence-electron chi connectivity index (χ4n) is 1.41. The number of carboxylic acid groups (broad SMARTS) is 1. The summed E-state index contributed by atoms with van der Waals surface area (Å²) in [4.78, 5) is 22.2. The molecular weight excluding hydrogens is 196 g/mol. The fraction of sp³-hybridized carbons (Fsp3) is 0.800. The summed E-state index contributed by atoms with van der Waals surface area (Å²) >= 11 is 0. The van der Waals surface area contributed by atoms with Crippen LogP contribution in [0.15, 0.2) is 0 Å². The summed E-state index contributed by atoms with van der Waals surface area (Å²) in [7, 11) is 0. The Morgan fingerprint density at radius 3 is 2.53 bits per heavy atom. The second kappa shape index (κ2) is 4.61. The average Bonchev–Trinajstić information content (AvgIpc) is 2.91. The number of hydrogen-bond donors (Lipinski definition) is 3. The third kappa shape index (κ3) is 3.20. The summed E-state index contributed by atoms with van der Waals surface area (Å²) in [6, 6.07) is 0. The average molecular weight is 214 g/mol. The zero-order valence-electron chi connectivity index (χ0n) is 8.95. The Balaban J connectivity index is 2.33. The van der Waals surface area contributed by atoms with Gasteiger partial charge in [0.25, 0.3) is 0 Å². The van der Waals surface area contributed by atoms with Gasteiger partial charge in [0.2, 0.25) is 5.91 Å². The minimum Gasteiger partial charge on any atom is -0.481 e. The lowest BCUT2D eigenvalue weighted by molar-refractivity contribution is -0.142. The maximum absolute atomic E-state index is 11.4. The van der Waals surface area contributed by atoms with Gasteiger partial charge in [-0.3, -0.25) is 9.59 Å². The SMILES string of the molecule is CCCC(CNC(=O)C1(N)CC1)C(=O)O. The third-order valence-corrected chi connectivity index (χ3v) is 2.74. The quantitative estimate of drug-likeness (QED) is 0.584. The molecule has 5 heteroatoms. The molecule has 15 heavy (non-hydrogen) atoms. The van der Waals surface area contributed by atoms with Gasteiger partial charge in [-0.1, -0.05) is 13.3 Å². The van der Waals surface area contributed by atoms with Crippen molar-refractivity contribution in [3.63, 3.8) is 0 Å². The van der Waals surface area contributed by atoms with E-state index in [0.717, 1.165) is 6.42 Å². The molecule has 0 radical (unpaired) electrons. The molecule has 1 saturated carbocycles. The van der Waals surface area contributed by atoms with Gasteiger partial charge >= 0.3 is 5.97 Å². The predicted molar refractivity (Wildman–Crippen MR) is 55.2 cm³/mol. The molecule has 0 saturated heterocycles. The highest BCUT2D eigenvalue weighted by Gasteiger charge is 2.45. The maximum Gasteiger partial charge on any atom is 0.308 e. The summed E-state index contributed by atoms with van der Waals surface area (Å²) in [5.74, 6) is -1.58. The molecule has 86 valence electrons. The summed E-state index contributed by atoms with van der Waals surface area (Å²) in [5, 5.41) is 11.5. The largest absolute Gasteiger partial charge is 0.481 e. The van der Waals surface area contributed by atoms with Gasteiger partial charge in [0.05, 0.1) is 11.5 Å². The Labute approximate surface area is 89.0 Å². The van der Waals surface area contributed by atoms with Crippen LogP contribution in [0.1, 0.15) is 32.6 Å². The number of nitrogens with one attached hydrogen (secondary N) is 1. The maximum atomic E-state index is 11.4. The lowest BCUT2D eigenvalue weighted by Crippen LogP contribution is -2.45. The van der Waals surface area contributed by atoms with Crippen molar-refractivity contribution in [1.82, 2.24) is 5.32 Å². The van der Waals surface area contributed by atoms with Gasteiger partial charge in [-0.25, -0.2) is 0 Å². The number of rotatable bonds is 6. The van der Waals surface area contributed by atoms with Gasteiger partial charge in [0.1, 0.15) is 0 Å². The van der Waals surface area contributed by atoms with Gasteiger partial charge in [0.15, 0.2) is 0 Å². The van der Waals surface area contributed by atoms with E-state index >= 15 is 0 Å². The number of aliphatic carboxylic acids is 1. The topological polar surface area (TPSA) is 92.4 Å². The van der Waals surface area contributed by atoms with Crippen molar-refractivity contribution in [3.05, 3.63) is 0 Å². The van der Waals surface area contributed by atoms with E-state index in [9.17, 15) is 9.59 Å². The first-order chi connectivity index (χ1) is 6.99. The molecule has 1 aliphatic carbocycles. The van der Waals surface area contributed by atoms with Crippen molar-refractivity contribution in [3.8, 4) is 0 Å². The number of carbonyl (C=O) groups is 2. The summed E-state index contributed by atoms with van der Waals surface area (Å²) in [6.45, 7) is 2.10. The predicted octanol–water partition coefficient (Wildman–Crippen LogP) is 0.0948. The number of carbonyl (C=O) groups excluding carboxylic acids is 1. The fourth-order valence-corrected chi connectivity index (χ4v) is 1.41. The molecule has 1 rings (SSSR count). The molecule has 4 N–H and O–H groups in total. The van der Waals surface area contributed by atoms with Gasteiger partial charge in [-0.2, -0.15) is 0 Å². The number of amides is 1. The number of hydrogen-bond acceptors (Lipinski definition) is 3. The Morgan fingerprint density at radius 2 is 2.13 bits per heavy atom. The van der Waals surface area contributed by atoms with E-state index in [1.165, 1.54) is 0 Å². The lowest BCUT2D eigenvalue weighted by Gasteiger charge is -2.14. The van der Waals surface area contributed by atoms with Gasteiger partial charge < -0.3 is 16.2 Å². The minimum atomic E-state index is -0.862. The monoisotopic (exact) mass is 214 g/mol. The molecule has 0 spiro atoms. The van der Waals surface area contributed by atoms with E-state index in [0.29, 0.717) is 19.3 Å². The summed E-state index contributed by atoms with van der Waals surface area (Å²) in [5.41, 5.74) is 4.95. The first-order valence-electron chi connectivity index (χ1n) is 5.29. The molecule has 0 aliphatic heterocycles. The second-order valence-corrected chi connectivity index (χ2v) is 4.19. The highest BCUT2D eigenvalue weighted by molar-refractivity contribution is 5.89. The second-order valence-electron chi connectivity index (χ2n) is 4.19. The van der Waals surface area contributed by atoms with Crippen LogP contribution in [0.5, 0.6) is 0 Å². The Hall–Kier alpha value is -1.10. The molecular formula is C10H18N2O3. The number of nitrogens with two attached hydrogens (primary N) is 1. The molecule has 5 nitrogen and oxygen atoms in total. The van der Waals surface area contributed by atoms with Gasteiger partial charge in [0, 0.05) is 6.54 Å². The van der Waals surface area contributed by atoms with E-state index in [4.69, 9.17) is 10.8 Å². The van der Waals surface area contributed by atoms with Crippen LogP contribution >= 0.6 is 0 Å². The van der Waals surface area contributed by atoms with Crippen molar-refractivity contribution in [1.29, 1.82) is 0 Å². The van der Waals surface area contributed by atoms with Crippen molar-refractivity contribution < 1.29 is 14.7 Å². The lowest BCUT2D eigenvalue weighted by atomic mass is 10.0. The minimum absolute atomic E-state index is 0.182. The van der Waals surface area contributed by atoms with E-state index in [2.05, 4.69) is 5.32 Å². The van der Waals surface area contributed by atoms with Crippen LogP contribution < -0.4 is 11.1 Å². The van der Waals surface area contributed by atoms with Crippen LogP contribution in [-0.4, -0.2) is 29.1 Å². The van der Waals surface area contributed by atoms with E-state index in [1.807, 2.05) is 6.92 Å². The molecule has 1 aliphatic rings. The molecule has 1 fully saturated rings. The molecule has 1 amide bonds. The zero-order valence-corrected chi connectivity index (χ0v) is 8.95. The van der Waals surface area contributed by atoms with E-state index in [1.54, 1.807) is 0 Å². The highest BCUT2D eigenvalue weighted by atomic mass is 16.4. The molecule has 0 aromatic heterocycles. The van der Waals surface area contributed by atoms with Crippen molar-refractivity contribution in [2.45, 2.75) is 38.1 Å². The zero-order chi connectivity index (χ0) is 11.5. The van der Waals surface area contributed by atoms with Crippen LogP contribution in [0.25, 0.3) is 0 Å². The Kier molecular flexibility index (Phi) is 3.68. The molecule has 1 atom stereocenters. The molecule has 0 bridgehead atoms. The van der Waals surface area contributed by atoms with Crippen molar-refractivity contribution in [2.24, 2.45) is 11.7 Å². The molecule has 0 aromatic carbocycles. The first-order valence-corrected chi connectivity index (χ1v) is 5.29. The number of carboxylic acids is 1. The third-order valence-electron chi connectivity index (χ3n) is 2.74. The molecule has 1 unspecified atom stereocenters. The van der Waals surface area contributed by atoms with Crippen LogP contribution in [0.2, 0.25) is 0 Å². The van der Waals surface area contributed by atoms with Crippen LogP contribution in [0.3, 0.4) is 0 Å². The summed E-state index contributed by atoms with van der Waals surface area (Å²) < 4.78 is 0. The molecule has 0 aromatic rings. The van der Waals surface area contributed by atoms with Crippen molar-refractivity contribution >= 4 is 11.9 Å². The van der Waals surface area contributed by atoms with Crippen LogP contribution in [-0.2, 0) is 9.59 Å². The van der Waals surface area contributed by atoms with Gasteiger partial charge in [-0.05, 0) is 19.3 Å². The van der Waals surface area contributed by atoms with Gasteiger partial charge in [-0.15, -0.1) is 0 Å². The smallest absolute Gasteiger partial charge is 0.308 e. The van der Waals surface area contributed by atoms with Crippen molar-refractivity contribution in [2.75, 3.05) is 6.54 Å². The summed E-state index contributed by atoms with van der Waals surface area (Å²) in [6.07, 6.45) is 2.77. The standard InChI is InChI=1S/C10H18N2O3/c1-2-3-7(8(13)14)6-12-9(15)10(11)4-5-10/h7H,2-6,11H2,1H3,(H,12,15)(H,13,14). The van der Waals surface area contributed by atoms with E-state index in [-0.39, 0.29) is 12.5 Å². The first kappa shape index (κ1) is 12.0. The van der Waals surface area contributed by atoms with Crippen LogP contribution in [0, 0.1) is 5.92 Å². The molecule has 0 heterocycles.